The second kappa shape index (κ2) is 7.14. The van der Waals surface area contributed by atoms with E-state index in [1.165, 1.54) is 18.2 Å². The van der Waals surface area contributed by atoms with E-state index in [-0.39, 0.29) is 10.7 Å². The van der Waals surface area contributed by atoms with Crippen molar-refractivity contribution in [2.75, 3.05) is 10.6 Å². The monoisotopic (exact) mass is 345 g/mol. The van der Waals surface area contributed by atoms with Gasteiger partial charge in [-0.1, -0.05) is 11.6 Å². The Kier molecular flexibility index (Phi) is 4.77. The molecule has 0 bridgehead atoms. The topological polar surface area (TPSA) is 67.2 Å². The minimum atomic E-state index is -0.542. The number of carbonyl (C=O) groups is 1. The summed E-state index contributed by atoms with van der Waals surface area (Å²) in [5.74, 6) is -0.153. The number of furan rings is 1. The summed E-state index contributed by atoms with van der Waals surface area (Å²) in [5.41, 5.74) is 1.39. The third-order valence-corrected chi connectivity index (χ3v) is 3.51. The Morgan fingerprint density at radius 3 is 2.71 bits per heavy atom. The van der Waals surface area contributed by atoms with Crippen LogP contribution in [-0.4, -0.2) is 10.9 Å². The third kappa shape index (κ3) is 3.91. The average Bonchev–Trinajstić information content (AvgIpc) is 3.10. The molecule has 7 heteroatoms. The molecule has 0 aliphatic carbocycles. The van der Waals surface area contributed by atoms with Gasteiger partial charge in [0.25, 0.3) is 5.91 Å². The van der Waals surface area contributed by atoms with Gasteiger partial charge in [-0.05, 0) is 42.5 Å². The highest BCUT2D eigenvalue weighted by molar-refractivity contribution is 6.31. The molecule has 0 unspecified atom stereocenters. The Morgan fingerprint density at radius 2 is 2.04 bits per heavy atom. The van der Waals surface area contributed by atoms with E-state index in [1.54, 1.807) is 24.6 Å². The van der Waals surface area contributed by atoms with Gasteiger partial charge in [0, 0.05) is 5.69 Å². The summed E-state index contributed by atoms with van der Waals surface area (Å²) in [6, 6.07) is 11.0. The number of hydrogen-bond acceptors (Lipinski definition) is 4. The second-order valence-electron chi connectivity index (χ2n) is 4.95. The molecule has 3 aromatic rings. The zero-order chi connectivity index (χ0) is 16.9. The van der Waals surface area contributed by atoms with Crippen molar-refractivity contribution in [1.29, 1.82) is 0 Å². The van der Waals surface area contributed by atoms with E-state index in [2.05, 4.69) is 15.6 Å². The molecule has 0 radical (unpaired) electrons. The first-order chi connectivity index (χ1) is 11.6. The number of benzene rings is 1. The molecule has 122 valence electrons. The lowest BCUT2D eigenvalue weighted by Crippen LogP contribution is -2.13. The van der Waals surface area contributed by atoms with Crippen molar-refractivity contribution in [1.82, 2.24) is 4.98 Å². The molecule has 1 aromatic carbocycles. The van der Waals surface area contributed by atoms with Gasteiger partial charge in [0.2, 0.25) is 0 Å². The number of carbonyl (C=O) groups excluding carboxylic acids is 1. The predicted octanol–water partition coefficient (Wildman–Crippen LogP) is 4.33. The Morgan fingerprint density at radius 1 is 1.21 bits per heavy atom. The zero-order valence-electron chi connectivity index (χ0n) is 12.4. The second-order valence-corrected chi connectivity index (χ2v) is 5.36. The van der Waals surface area contributed by atoms with Crippen LogP contribution in [-0.2, 0) is 6.54 Å². The summed E-state index contributed by atoms with van der Waals surface area (Å²) in [4.78, 5) is 16.2. The summed E-state index contributed by atoms with van der Waals surface area (Å²) in [6.07, 6.45) is 3.15. The molecule has 2 aromatic heterocycles. The highest BCUT2D eigenvalue weighted by atomic mass is 35.5. The van der Waals surface area contributed by atoms with Crippen molar-refractivity contribution in [2.24, 2.45) is 0 Å². The number of hydrogen-bond donors (Lipinski definition) is 2. The van der Waals surface area contributed by atoms with Crippen molar-refractivity contribution in [3.05, 3.63) is 77.2 Å². The fourth-order valence-electron chi connectivity index (χ4n) is 2.00. The first-order valence-electron chi connectivity index (χ1n) is 7.10. The molecule has 0 aliphatic heterocycles. The van der Waals surface area contributed by atoms with Crippen LogP contribution in [0.4, 0.5) is 15.8 Å². The molecule has 0 atom stereocenters. The molecule has 3 rings (SSSR count). The number of aromatic nitrogens is 1. The highest BCUT2D eigenvalue weighted by Gasteiger charge is 2.09. The number of nitrogens with one attached hydrogen (secondary N) is 2. The van der Waals surface area contributed by atoms with Crippen LogP contribution in [0.25, 0.3) is 0 Å². The van der Waals surface area contributed by atoms with Gasteiger partial charge in [0.05, 0.1) is 29.7 Å². The molecule has 0 saturated heterocycles. The van der Waals surface area contributed by atoms with Crippen molar-refractivity contribution < 1.29 is 13.6 Å². The SMILES string of the molecule is O=C(Nc1ccc(F)c(Cl)c1)c1ccc(NCc2ccco2)cn1. The van der Waals surface area contributed by atoms with E-state index in [0.717, 1.165) is 11.4 Å². The number of pyridine rings is 1. The van der Waals surface area contributed by atoms with Gasteiger partial charge < -0.3 is 15.1 Å². The Bertz CT molecular complexity index is 836. The lowest BCUT2D eigenvalue weighted by Gasteiger charge is -2.07. The van der Waals surface area contributed by atoms with Crippen LogP contribution >= 0.6 is 11.6 Å². The number of amides is 1. The van der Waals surface area contributed by atoms with Crippen molar-refractivity contribution in [3.63, 3.8) is 0 Å². The van der Waals surface area contributed by atoms with Crippen LogP contribution in [0.15, 0.2) is 59.3 Å². The van der Waals surface area contributed by atoms with Gasteiger partial charge in [0.15, 0.2) is 0 Å². The molecular formula is C17H13ClFN3O2. The fraction of sp³-hybridized carbons (Fsp3) is 0.0588. The Balaban J connectivity index is 1.61. The number of halogens is 2. The largest absolute Gasteiger partial charge is 0.467 e. The summed E-state index contributed by atoms with van der Waals surface area (Å²) in [6.45, 7) is 0.522. The van der Waals surface area contributed by atoms with E-state index >= 15 is 0 Å². The maximum absolute atomic E-state index is 13.1. The standard InChI is InChI=1S/C17H13ClFN3O2/c18-14-8-11(3-5-15(14)19)22-17(23)16-6-4-12(9-21-16)20-10-13-2-1-7-24-13/h1-9,20H,10H2,(H,22,23). The maximum atomic E-state index is 13.1. The average molecular weight is 346 g/mol. The van der Waals surface area contributed by atoms with Crippen molar-refractivity contribution in [3.8, 4) is 0 Å². The van der Waals surface area contributed by atoms with Gasteiger partial charge in [-0.25, -0.2) is 9.37 Å². The lowest BCUT2D eigenvalue weighted by molar-refractivity contribution is 0.102. The van der Waals surface area contributed by atoms with Gasteiger partial charge in [0.1, 0.15) is 17.3 Å². The first kappa shape index (κ1) is 16.0. The van der Waals surface area contributed by atoms with E-state index in [1.807, 2.05) is 12.1 Å². The smallest absolute Gasteiger partial charge is 0.274 e. The van der Waals surface area contributed by atoms with Crippen LogP contribution in [0.2, 0.25) is 5.02 Å². The lowest BCUT2D eigenvalue weighted by atomic mass is 10.2. The number of rotatable bonds is 5. The van der Waals surface area contributed by atoms with Gasteiger partial charge in [-0.2, -0.15) is 0 Å². The van der Waals surface area contributed by atoms with Crippen LogP contribution < -0.4 is 10.6 Å². The zero-order valence-corrected chi connectivity index (χ0v) is 13.2. The fourth-order valence-corrected chi connectivity index (χ4v) is 2.18. The van der Waals surface area contributed by atoms with Crippen LogP contribution in [0.3, 0.4) is 0 Å². The molecule has 2 heterocycles. The van der Waals surface area contributed by atoms with E-state index < -0.39 is 11.7 Å². The summed E-state index contributed by atoms with van der Waals surface area (Å²) in [5, 5.41) is 5.68. The molecule has 1 amide bonds. The van der Waals surface area contributed by atoms with Crippen LogP contribution in [0, 0.1) is 5.82 Å². The van der Waals surface area contributed by atoms with Crippen molar-refractivity contribution >= 4 is 28.9 Å². The molecule has 0 aliphatic rings. The predicted molar refractivity (Wildman–Crippen MR) is 89.6 cm³/mol. The molecule has 0 fully saturated rings. The van der Waals surface area contributed by atoms with Gasteiger partial charge in [-0.3, -0.25) is 4.79 Å². The Labute approximate surface area is 142 Å². The van der Waals surface area contributed by atoms with Gasteiger partial charge >= 0.3 is 0 Å². The number of anilines is 2. The quantitative estimate of drug-likeness (QED) is 0.722. The van der Waals surface area contributed by atoms with Crippen LogP contribution in [0.5, 0.6) is 0 Å². The summed E-state index contributed by atoms with van der Waals surface area (Å²) >= 11 is 5.68. The summed E-state index contributed by atoms with van der Waals surface area (Å²) < 4.78 is 18.3. The maximum Gasteiger partial charge on any atom is 0.274 e. The molecule has 0 spiro atoms. The molecule has 5 nitrogen and oxygen atoms in total. The van der Waals surface area contributed by atoms with Crippen molar-refractivity contribution in [2.45, 2.75) is 6.54 Å². The third-order valence-electron chi connectivity index (χ3n) is 3.22. The minimum absolute atomic E-state index is 0.0572. The summed E-state index contributed by atoms with van der Waals surface area (Å²) in [7, 11) is 0. The molecule has 2 N–H and O–H groups in total. The van der Waals surface area contributed by atoms with E-state index in [0.29, 0.717) is 12.2 Å². The minimum Gasteiger partial charge on any atom is -0.467 e. The van der Waals surface area contributed by atoms with E-state index in [9.17, 15) is 9.18 Å². The molecule has 0 saturated carbocycles. The normalized spacial score (nSPS) is 10.4. The first-order valence-corrected chi connectivity index (χ1v) is 7.48. The molecule has 24 heavy (non-hydrogen) atoms. The van der Waals surface area contributed by atoms with Crippen LogP contribution in [0.1, 0.15) is 16.2 Å². The number of nitrogens with zero attached hydrogens (tertiary/aromatic N) is 1. The Hall–Kier alpha value is -2.86. The highest BCUT2D eigenvalue weighted by Crippen LogP contribution is 2.20. The van der Waals surface area contributed by atoms with E-state index in [4.69, 9.17) is 16.0 Å². The van der Waals surface area contributed by atoms with Gasteiger partial charge in [-0.15, -0.1) is 0 Å². The molecular weight excluding hydrogens is 333 g/mol.